The lowest BCUT2D eigenvalue weighted by molar-refractivity contribution is -0.141. The minimum absolute atomic E-state index is 0.0893. The molecule has 9 heteroatoms. The number of fused-ring (bicyclic) bond motifs is 1. The second-order valence-corrected chi connectivity index (χ2v) is 10.3. The Morgan fingerprint density at radius 1 is 1.32 bits per heavy atom. The molecule has 0 saturated carbocycles. The van der Waals surface area contributed by atoms with Gasteiger partial charge < -0.3 is 10.2 Å². The Kier molecular flexibility index (Phi) is 6.03. The van der Waals surface area contributed by atoms with E-state index in [9.17, 15) is 18.0 Å². The van der Waals surface area contributed by atoms with Crippen molar-refractivity contribution < 1.29 is 18.0 Å². The zero-order valence-corrected chi connectivity index (χ0v) is 17.8. The lowest BCUT2D eigenvalue weighted by Gasteiger charge is -2.42. The molecular weight excluding hydrogens is 402 g/mol. The van der Waals surface area contributed by atoms with Gasteiger partial charge in [0.1, 0.15) is 6.04 Å². The molecule has 0 radical (unpaired) electrons. The van der Waals surface area contributed by atoms with Crippen molar-refractivity contribution in [1.29, 1.82) is 0 Å². The average Bonchev–Trinajstić information content (AvgIpc) is 2.99. The first-order valence-electron chi connectivity index (χ1n) is 9.44. The average molecular weight is 428 g/mol. The second kappa shape index (κ2) is 8.00. The first-order chi connectivity index (χ1) is 13.1. The van der Waals surface area contributed by atoms with Gasteiger partial charge in [-0.1, -0.05) is 31.5 Å². The minimum Gasteiger partial charge on any atom is -0.352 e. The molecule has 2 amide bonds. The number of carbonyl (C=O) groups excluding carboxylic acids is 2. The van der Waals surface area contributed by atoms with E-state index in [-0.39, 0.29) is 41.3 Å². The summed E-state index contributed by atoms with van der Waals surface area (Å²) in [6, 6.07) is 4.96. The molecule has 1 N–H and O–H groups in total. The number of halogens is 1. The summed E-state index contributed by atoms with van der Waals surface area (Å²) in [5.74, 6) is -0.195. The number of benzene rings is 1. The summed E-state index contributed by atoms with van der Waals surface area (Å²) in [5, 5.41) is 3.18. The quantitative estimate of drug-likeness (QED) is 0.777. The maximum atomic E-state index is 13.4. The van der Waals surface area contributed by atoms with Gasteiger partial charge in [-0.05, 0) is 37.0 Å². The Bertz CT molecular complexity index is 874. The topological polar surface area (TPSA) is 86.8 Å². The summed E-state index contributed by atoms with van der Waals surface area (Å²) in [5.41, 5.74) is 0. The normalized spacial score (nSPS) is 25.8. The van der Waals surface area contributed by atoms with Crippen LogP contribution in [0.15, 0.2) is 29.2 Å². The lowest BCUT2D eigenvalue weighted by atomic mass is 9.99. The van der Waals surface area contributed by atoms with Gasteiger partial charge in [0.25, 0.3) is 0 Å². The minimum atomic E-state index is -3.88. The Morgan fingerprint density at radius 3 is 2.64 bits per heavy atom. The van der Waals surface area contributed by atoms with E-state index in [1.54, 1.807) is 17.0 Å². The summed E-state index contributed by atoms with van der Waals surface area (Å²) in [7, 11) is -3.88. The van der Waals surface area contributed by atoms with E-state index in [0.29, 0.717) is 24.4 Å². The predicted octanol–water partition coefficient (Wildman–Crippen LogP) is 1.86. The number of carbonyl (C=O) groups is 2. The molecule has 0 bridgehead atoms. The van der Waals surface area contributed by atoms with Crippen molar-refractivity contribution in [3.63, 3.8) is 0 Å². The van der Waals surface area contributed by atoms with Crippen LogP contribution in [-0.4, -0.2) is 60.7 Å². The van der Waals surface area contributed by atoms with Gasteiger partial charge in [-0.2, -0.15) is 4.31 Å². The van der Waals surface area contributed by atoms with Crippen LogP contribution in [0, 0.1) is 5.92 Å². The number of nitrogens with zero attached hydrogens (tertiary/aromatic N) is 2. The standard InChI is InChI=1S/C19H26ClN3O4S/c1-12(2)7-18-19(25)22-10-15(21-13(3)24)9-16(22)11-23(18)28(26,27)17-6-4-5-14(20)8-17/h4-6,8,12,15-16,18H,7,9-11H2,1-3H3,(H,21,24). The largest absolute Gasteiger partial charge is 0.352 e. The summed E-state index contributed by atoms with van der Waals surface area (Å²) >= 11 is 6.00. The monoisotopic (exact) mass is 427 g/mol. The molecule has 2 aliphatic heterocycles. The van der Waals surface area contributed by atoms with Crippen LogP contribution in [0.1, 0.15) is 33.6 Å². The number of hydrogen-bond acceptors (Lipinski definition) is 4. The molecule has 28 heavy (non-hydrogen) atoms. The second-order valence-electron chi connectivity index (χ2n) is 7.96. The van der Waals surface area contributed by atoms with Crippen LogP contribution < -0.4 is 5.32 Å². The van der Waals surface area contributed by atoms with Gasteiger partial charge in [-0.25, -0.2) is 8.42 Å². The van der Waals surface area contributed by atoms with E-state index in [4.69, 9.17) is 11.6 Å². The fourth-order valence-electron chi connectivity index (χ4n) is 4.09. The van der Waals surface area contributed by atoms with Crippen LogP contribution in [0.2, 0.25) is 5.02 Å². The summed E-state index contributed by atoms with van der Waals surface area (Å²) in [6.45, 7) is 6.01. The third-order valence-electron chi connectivity index (χ3n) is 5.23. The highest BCUT2D eigenvalue weighted by Gasteiger charge is 2.49. The maximum Gasteiger partial charge on any atom is 0.243 e. The van der Waals surface area contributed by atoms with Crippen LogP contribution in [0.25, 0.3) is 0 Å². The van der Waals surface area contributed by atoms with E-state index in [1.807, 2.05) is 13.8 Å². The van der Waals surface area contributed by atoms with Gasteiger partial charge in [0.2, 0.25) is 21.8 Å². The predicted molar refractivity (Wildman–Crippen MR) is 106 cm³/mol. The molecule has 1 aromatic carbocycles. The van der Waals surface area contributed by atoms with Crippen molar-refractivity contribution >= 4 is 33.4 Å². The zero-order chi connectivity index (χ0) is 20.6. The summed E-state index contributed by atoms with van der Waals surface area (Å²) < 4.78 is 28.0. The van der Waals surface area contributed by atoms with Crippen LogP contribution in [0.3, 0.4) is 0 Å². The number of nitrogens with one attached hydrogen (secondary N) is 1. The molecule has 2 saturated heterocycles. The molecular formula is C19H26ClN3O4S. The first-order valence-corrected chi connectivity index (χ1v) is 11.3. The van der Waals surface area contributed by atoms with E-state index in [2.05, 4.69) is 5.32 Å². The van der Waals surface area contributed by atoms with Crippen molar-refractivity contribution in [3.05, 3.63) is 29.3 Å². The van der Waals surface area contributed by atoms with E-state index >= 15 is 0 Å². The highest BCUT2D eigenvalue weighted by atomic mass is 35.5. The smallest absolute Gasteiger partial charge is 0.243 e. The van der Waals surface area contributed by atoms with Gasteiger partial charge >= 0.3 is 0 Å². The Morgan fingerprint density at radius 2 is 2.04 bits per heavy atom. The number of hydrogen-bond donors (Lipinski definition) is 1. The molecule has 7 nitrogen and oxygen atoms in total. The highest BCUT2D eigenvalue weighted by molar-refractivity contribution is 7.89. The molecule has 2 fully saturated rings. The fraction of sp³-hybridized carbons (Fsp3) is 0.579. The van der Waals surface area contributed by atoms with Gasteiger partial charge in [0.15, 0.2) is 0 Å². The number of rotatable bonds is 5. The molecule has 0 aromatic heterocycles. The molecule has 0 aliphatic carbocycles. The SMILES string of the molecule is CC(=O)NC1CC2CN(S(=O)(=O)c3cccc(Cl)c3)C(CC(C)C)C(=O)N2C1. The van der Waals surface area contributed by atoms with Crippen LogP contribution in [0.4, 0.5) is 0 Å². The first kappa shape index (κ1) is 21.1. The fourth-order valence-corrected chi connectivity index (χ4v) is 6.03. The Balaban J connectivity index is 1.94. The maximum absolute atomic E-state index is 13.4. The lowest BCUT2D eigenvalue weighted by Crippen LogP contribution is -2.61. The van der Waals surface area contributed by atoms with Gasteiger partial charge in [-0.15, -0.1) is 0 Å². The molecule has 1 aromatic rings. The third-order valence-corrected chi connectivity index (χ3v) is 7.33. The number of piperazine rings is 1. The van der Waals surface area contributed by atoms with Crippen molar-refractivity contribution in [3.8, 4) is 0 Å². The van der Waals surface area contributed by atoms with Crippen molar-refractivity contribution in [2.24, 2.45) is 5.92 Å². The number of sulfonamides is 1. The molecule has 2 aliphatic rings. The van der Waals surface area contributed by atoms with Crippen molar-refractivity contribution in [1.82, 2.24) is 14.5 Å². The summed E-state index contributed by atoms with van der Waals surface area (Å²) in [4.78, 5) is 26.4. The molecule has 3 atom stereocenters. The summed E-state index contributed by atoms with van der Waals surface area (Å²) in [6.07, 6.45) is 0.980. The third kappa shape index (κ3) is 4.18. The Hall–Kier alpha value is -1.64. The van der Waals surface area contributed by atoms with Gasteiger partial charge in [0.05, 0.1) is 4.90 Å². The molecule has 0 spiro atoms. The van der Waals surface area contributed by atoms with Crippen LogP contribution in [0.5, 0.6) is 0 Å². The highest BCUT2D eigenvalue weighted by Crippen LogP contribution is 2.33. The van der Waals surface area contributed by atoms with Crippen LogP contribution >= 0.6 is 11.6 Å². The molecule has 2 heterocycles. The molecule has 3 rings (SSSR count). The Labute approximate surface area is 171 Å². The molecule has 154 valence electrons. The van der Waals surface area contributed by atoms with Gasteiger partial charge in [0, 0.05) is 37.1 Å². The van der Waals surface area contributed by atoms with Crippen molar-refractivity contribution in [2.75, 3.05) is 13.1 Å². The zero-order valence-electron chi connectivity index (χ0n) is 16.3. The van der Waals surface area contributed by atoms with E-state index in [1.165, 1.54) is 23.4 Å². The van der Waals surface area contributed by atoms with E-state index < -0.39 is 16.1 Å². The number of amides is 2. The van der Waals surface area contributed by atoms with E-state index in [0.717, 1.165) is 0 Å². The molecule has 3 unspecified atom stereocenters. The van der Waals surface area contributed by atoms with Crippen LogP contribution in [-0.2, 0) is 19.6 Å². The van der Waals surface area contributed by atoms with Crippen molar-refractivity contribution in [2.45, 2.75) is 56.6 Å². The van der Waals surface area contributed by atoms with Gasteiger partial charge in [-0.3, -0.25) is 9.59 Å².